The van der Waals surface area contributed by atoms with E-state index in [1.807, 2.05) is 14.1 Å². The van der Waals surface area contributed by atoms with E-state index in [1.165, 1.54) is 0 Å². The van der Waals surface area contributed by atoms with E-state index in [1.54, 1.807) is 10.9 Å². The minimum Gasteiger partial charge on any atom is -0.312 e. The molecule has 0 aromatic carbocycles. The molecule has 1 aromatic heterocycles. The first-order chi connectivity index (χ1) is 5.29. The summed E-state index contributed by atoms with van der Waals surface area (Å²) in [6, 6.07) is 0.370. The Morgan fingerprint density at radius 2 is 2.45 bits per heavy atom. The van der Waals surface area contributed by atoms with Crippen molar-refractivity contribution in [2.24, 2.45) is 7.05 Å². The molecule has 0 aliphatic carbocycles. The number of hydrogen-bond acceptors (Lipinski definition) is 3. The Kier molecular flexibility index (Phi) is 2.59. The van der Waals surface area contributed by atoms with Crippen molar-refractivity contribution in [3.63, 3.8) is 0 Å². The van der Waals surface area contributed by atoms with Crippen LogP contribution in [-0.2, 0) is 7.05 Å². The molecule has 1 unspecified atom stereocenters. The second-order valence-electron chi connectivity index (χ2n) is 2.53. The lowest BCUT2D eigenvalue weighted by Crippen LogP contribution is -2.18. The van der Waals surface area contributed by atoms with Crippen LogP contribution in [-0.4, -0.2) is 22.0 Å². The lowest BCUT2D eigenvalue weighted by molar-refractivity contribution is 0.524. The minimum absolute atomic E-state index is 0.370. The third-order valence-electron chi connectivity index (χ3n) is 1.86. The summed E-state index contributed by atoms with van der Waals surface area (Å²) in [4.78, 5) is 0. The van der Waals surface area contributed by atoms with Gasteiger partial charge in [0, 0.05) is 7.05 Å². The highest BCUT2D eigenvalue weighted by molar-refractivity contribution is 5.00. The van der Waals surface area contributed by atoms with Gasteiger partial charge >= 0.3 is 0 Å². The van der Waals surface area contributed by atoms with Crippen molar-refractivity contribution in [1.29, 1.82) is 0 Å². The molecule has 0 saturated carbocycles. The molecule has 0 spiro atoms. The summed E-state index contributed by atoms with van der Waals surface area (Å²) in [5.74, 6) is 0. The molecule has 0 aliphatic rings. The fourth-order valence-electron chi connectivity index (χ4n) is 1.17. The van der Waals surface area contributed by atoms with Gasteiger partial charge in [0.15, 0.2) is 0 Å². The van der Waals surface area contributed by atoms with Crippen LogP contribution in [0.3, 0.4) is 0 Å². The van der Waals surface area contributed by atoms with Gasteiger partial charge in [-0.15, -0.1) is 5.10 Å². The molecule has 0 saturated heterocycles. The molecule has 0 bridgehead atoms. The fourth-order valence-corrected chi connectivity index (χ4v) is 1.17. The Morgan fingerprint density at radius 1 is 1.73 bits per heavy atom. The van der Waals surface area contributed by atoms with E-state index < -0.39 is 0 Å². The Balaban J connectivity index is 2.81. The molecular weight excluding hydrogens is 140 g/mol. The van der Waals surface area contributed by atoms with E-state index in [0.717, 1.165) is 12.1 Å². The third-order valence-corrected chi connectivity index (χ3v) is 1.86. The third kappa shape index (κ3) is 1.57. The van der Waals surface area contributed by atoms with Gasteiger partial charge in [-0.1, -0.05) is 12.1 Å². The number of nitrogens with zero attached hydrogens (tertiary/aromatic N) is 3. The summed E-state index contributed by atoms with van der Waals surface area (Å²) in [6.45, 7) is 2.13. The summed E-state index contributed by atoms with van der Waals surface area (Å²) >= 11 is 0. The Bertz CT molecular complexity index is 214. The summed E-state index contributed by atoms with van der Waals surface area (Å²) in [5, 5.41) is 10.9. The van der Waals surface area contributed by atoms with Crippen LogP contribution in [0.1, 0.15) is 25.1 Å². The Hall–Kier alpha value is -0.900. The SMILES string of the molecule is CCC(NC)c1cnnn1C. The van der Waals surface area contributed by atoms with Gasteiger partial charge in [-0.25, -0.2) is 0 Å². The molecule has 0 fully saturated rings. The standard InChI is InChI=1S/C7H14N4/c1-4-6(8-2)7-5-9-10-11(7)3/h5-6,8H,4H2,1-3H3. The van der Waals surface area contributed by atoms with Crippen molar-refractivity contribution >= 4 is 0 Å². The van der Waals surface area contributed by atoms with Gasteiger partial charge in [0.05, 0.1) is 17.9 Å². The van der Waals surface area contributed by atoms with Gasteiger partial charge in [0.2, 0.25) is 0 Å². The second-order valence-corrected chi connectivity index (χ2v) is 2.53. The van der Waals surface area contributed by atoms with Crippen LogP contribution in [0.5, 0.6) is 0 Å². The van der Waals surface area contributed by atoms with E-state index in [2.05, 4.69) is 22.6 Å². The highest BCUT2D eigenvalue weighted by Crippen LogP contribution is 2.12. The van der Waals surface area contributed by atoms with Gasteiger partial charge in [-0.3, -0.25) is 4.68 Å². The number of aromatic nitrogens is 3. The summed E-state index contributed by atoms with van der Waals surface area (Å²) in [5.41, 5.74) is 1.13. The summed E-state index contributed by atoms with van der Waals surface area (Å²) in [7, 11) is 3.85. The maximum Gasteiger partial charge on any atom is 0.0753 e. The van der Waals surface area contributed by atoms with Gasteiger partial charge < -0.3 is 5.32 Å². The minimum atomic E-state index is 0.370. The predicted molar refractivity (Wildman–Crippen MR) is 43.1 cm³/mol. The molecular formula is C7H14N4. The summed E-state index contributed by atoms with van der Waals surface area (Å²) < 4.78 is 1.80. The van der Waals surface area contributed by atoms with E-state index in [0.29, 0.717) is 6.04 Å². The van der Waals surface area contributed by atoms with Crippen molar-refractivity contribution < 1.29 is 0 Å². The van der Waals surface area contributed by atoms with Crippen LogP contribution in [0.15, 0.2) is 6.20 Å². The van der Waals surface area contributed by atoms with E-state index in [-0.39, 0.29) is 0 Å². The monoisotopic (exact) mass is 154 g/mol. The molecule has 0 amide bonds. The molecule has 0 aliphatic heterocycles. The topological polar surface area (TPSA) is 42.7 Å². The first kappa shape index (κ1) is 8.20. The largest absolute Gasteiger partial charge is 0.312 e. The van der Waals surface area contributed by atoms with Crippen LogP contribution in [0.4, 0.5) is 0 Å². The first-order valence-electron chi connectivity index (χ1n) is 3.81. The zero-order valence-electron chi connectivity index (χ0n) is 7.20. The van der Waals surface area contributed by atoms with Crippen molar-refractivity contribution in [1.82, 2.24) is 20.3 Å². The molecule has 4 heteroatoms. The smallest absolute Gasteiger partial charge is 0.0753 e. The Labute approximate surface area is 66.6 Å². The number of hydrogen-bond donors (Lipinski definition) is 1. The summed E-state index contributed by atoms with van der Waals surface area (Å²) in [6.07, 6.45) is 2.85. The highest BCUT2D eigenvalue weighted by Gasteiger charge is 2.09. The van der Waals surface area contributed by atoms with E-state index in [9.17, 15) is 0 Å². The van der Waals surface area contributed by atoms with Crippen LogP contribution in [0.2, 0.25) is 0 Å². The zero-order chi connectivity index (χ0) is 8.27. The predicted octanol–water partition coefficient (Wildman–Crippen LogP) is 0.486. The number of nitrogens with one attached hydrogen (secondary N) is 1. The fraction of sp³-hybridized carbons (Fsp3) is 0.714. The molecule has 0 radical (unpaired) electrons. The molecule has 1 aromatic rings. The quantitative estimate of drug-likeness (QED) is 0.688. The lowest BCUT2D eigenvalue weighted by Gasteiger charge is -2.12. The number of rotatable bonds is 3. The molecule has 1 atom stereocenters. The molecule has 4 nitrogen and oxygen atoms in total. The zero-order valence-corrected chi connectivity index (χ0v) is 7.20. The molecule has 1 N–H and O–H groups in total. The van der Waals surface area contributed by atoms with Gasteiger partial charge in [-0.05, 0) is 13.5 Å². The van der Waals surface area contributed by atoms with Gasteiger partial charge in [0.25, 0.3) is 0 Å². The van der Waals surface area contributed by atoms with Crippen LogP contribution in [0.25, 0.3) is 0 Å². The average Bonchev–Trinajstić information content (AvgIpc) is 2.40. The second kappa shape index (κ2) is 3.48. The van der Waals surface area contributed by atoms with Gasteiger partial charge in [0.1, 0.15) is 0 Å². The first-order valence-corrected chi connectivity index (χ1v) is 3.81. The van der Waals surface area contributed by atoms with Crippen LogP contribution in [0, 0.1) is 0 Å². The van der Waals surface area contributed by atoms with Crippen molar-refractivity contribution in [2.75, 3.05) is 7.05 Å². The van der Waals surface area contributed by atoms with E-state index >= 15 is 0 Å². The molecule has 62 valence electrons. The van der Waals surface area contributed by atoms with Crippen molar-refractivity contribution in [2.45, 2.75) is 19.4 Å². The maximum absolute atomic E-state index is 3.86. The van der Waals surface area contributed by atoms with Crippen molar-refractivity contribution in [3.05, 3.63) is 11.9 Å². The van der Waals surface area contributed by atoms with Crippen LogP contribution < -0.4 is 5.32 Å². The van der Waals surface area contributed by atoms with Gasteiger partial charge in [-0.2, -0.15) is 0 Å². The number of aryl methyl sites for hydroxylation is 1. The molecule has 1 rings (SSSR count). The average molecular weight is 154 g/mol. The Morgan fingerprint density at radius 3 is 2.82 bits per heavy atom. The highest BCUT2D eigenvalue weighted by atomic mass is 15.4. The normalized spacial score (nSPS) is 13.4. The van der Waals surface area contributed by atoms with Crippen molar-refractivity contribution in [3.8, 4) is 0 Å². The lowest BCUT2D eigenvalue weighted by atomic mass is 10.2. The maximum atomic E-state index is 3.86. The van der Waals surface area contributed by atoms with Crippen LogP contribution >= 0.6 is 0 Å². The van der Waals surface area contributed by atoms with E-state index in [4.69, 9.17) is 0 Å². The molecule has 11 heavy (non-hydrogen) atoms. The molecule has 1 heterocycles.